The molecule has 0 aliphatic heterocycles. The number of hydrogen-bond acceptors (Lipinski definition) is 1. The van der Waals surface area contributed by atoms with Crippen molar-refractivity contribution >= 4 is 27.5 Å². The Kier molecular flexibility index (Phi) is 4.74. The Bertz CT molecular complexity index is 480. The van der Waals surface area contributed by atoms with Crippen LogP contribution in [0, 0.1) is 0 Å². The van der Waals surface area contributed by atoms with Crippen LogP contribution >= 0.6 is 15.9 Å². The Balaban J connectivity index is 2.94. The normalized spacial score (nSPS) is 11.0. The number of halogens is 1. The lowest BCUT2D eigenvalue weighted by atomic mass is 9.87. The summed E-state index contributed by atoms with van der Waals surface area (Å²) in [7, 11) is 0. The highest BCUT2D eigenvalue weighted by atomic mass is 79.9. The molecule has 1 aromatic rings. The number of benzene rings is 1. The van der Waals surface area contributed by atoms with Gasteiger partial charge in [-0.1, -0.05) is 32.4 Å². The smallest absolute Gasteiger partial charge is 0.248 e. The highest BCUT2D eigenvalue weighted by molar-refractivity contribution is 9.10. The number of carbonyl (C=O) groups excluding carboxylic acids is 1. The summed E-state index contributed by atoms with van der Waals surface area (Å²) in [6, 6.07) is 6.03. The number of nitrogens with one attached hydrogen (secondary N) is 1. The molecule has 0 radical (unpaired) electrons. The zero-order chi connectivity index (χ0) is 13.9. The molecule has 1 rings (SSSR count). The fourth-order valence-corrected chi connectivity index (χ4v) is 1.99. The zero-order valence-corrected chi connectivity index (χ0v) is 13.2. The largest absolute Gasteiger partial charge is 0.321 e. The second kappa shape index (κ2) is 5.70. The summed E-state index contributed by atoms with van der Waals surface area (Å²) in [5.74, 6) is -0.0980. The van der Waals surface area contributed by atoms with Crippen LogP contribution in [0.3, 0.4) is 0 Å². The Hall–Kier alpha value is -1.09. The molecule has 0 bridgehead atoms. The molecule has 1 N–H and O–H groups in total. The molecule has 0 aliphatic rings. The maximum absolute atomic E-state index is 11.6. The van der Waals surface area contributed by atoms with E-state index in [9.17, 15) is 4.79 Å². The number of anilines is 1. The van der Waals surface area contributed by atoms with Crippen LogP contribution in [0.4, 0.5) is 5.69 Å². The Morgan fingerprint density at radius 1 is 1.28 bits per heavy atom. The number of rotatable bonds is 2. The van der Waals surface area contributed by atoms with Gasteiger partial charge in [-0.3, -0.25) is 4.79 Å². The van der Waals surface area contributed by atoms with Crippen molar-refractivity contribution in [1.82, 2.24) is 0 Å². The van der Waals surface area contributed by atoms with Crippen LogP contribution in [0.5, 0.6) is 0 Å². The number of hydrogen-bond donors (Lipinski definition) is 1. The molecular weight excluding hydrogens is 290 g/mol. The van der Waals surface area contributed by atoms with Crippen LogP contribution in [0.25, 0.3) is 0 Å². The molecule has 0 unspecified atom stereocenters. The van der Waals surface area contributed by atoms with E-state index in [1.807, 2.05) is 26.0 Å². The molecule has 0 saturated heterocycles. The predicted molar refractivity (Wildman–Crippen MR) is 80.9 cm³/mol. The van der Waals surface area contributed by atoms with E-state index in [1.54, 1.807) is 6.08 Å². The molecule has 0 aromatic heterocycles. The summed E-state index contributed by atoms with van der Waals surface area (Å²) in [6.45, 7) is 10.3. The van der Waals surface area contributed by atoms with Crippen molar-refractivity contribution in [3.05, 3.63) is 39.9 Å². The first kappa shape index (κ1) is 15.0. The third kappa shape index (κ3) is 4.30. The Morgan fingerprint density at radius 2 is 1.89 bits per heavy atom. The molecule has 0 aliphatic carbocycles. The molecular formula is C15H20BrNO. The average molecular weight is 310 g/mol. The summed E-state index contributed by atoms with van der Waals surface area (Å²) in [4.78, 5) is 11.6. The lowest BCUT2D eigenvalue weighted by Crippen LogP contribution is -2.13. The molecule has 2 nitrogen and oxygen atoms in total. The van der Waals surface area contributed by atoms with E-state index < -0.39 is 0 Å². The third-order valence-corrected chi connectivity index (χ3v) is 3.17. The molecule has 0 fully saturated rings. The van der Waals surface area contributed by atoms with E-state index in [-0.39, 0.29) is 11.3 Å². The van der Waals surface area contributed by atoms with Gasteiger partial charge in [0.25, 0.3) is 0 Å². The molecule has 0 heterocycles. The van der Waals surface area contributed by atoms with E-state index in [1.165, 1.54) is 5.56 Å². The molecule has 98 valence electrons. The van der Waals surface area contributed by atoms with Crippen LogP contribution in [-0.2, 0) is 10.2 Å². The van der Waals surface area contributed by atoms with E-state index in [2.05, 4.69) is 48.1 Å². The summed E-state index contributed by atoms with van der Waals surface area (Å²) < 4.78 is 0.908. The minimum atomic E-state index is -0.0980. The summed E-state index contributed by atoms with van der Waals surface area (Å²) in [5.41, 5.74) is 3.11. The van der Waals surface area contributed by atoms with Gasteiger partial charge < -0.3 is 5.32 Å². The summed E-state index contributed by atoms with van der Waals surface area (Å²) >= 11 is 3.50. The molecule has 0 spiro atoms. The third-order valence-electron chi connectivity index (χ3n) is 2.51. The van der Waals surface area contributed by atoms with Gasteiger partial charge >= 0.3 is 0 Å². The van der Waals surface area contributed by atoms with Gasteiger partial charge in [-0.05, 0) is 52.9 Å². The lowest BCUT2D eigenvalue weighted by molar-refractivity contribution is -0.111. The molecule has 0 saturated carbocycles. The van der Waals surface area contributed by atoms with Gasteiger partial charge in [-0.2, -0.15) is 0 Å². The number of allylic oxidation sites excluding steroid dienone is 1. The topological polar surface area (TPSA) is 29.1 Å². The highest BCUT2D eigenvalue weighted by Crippen LogP contribution is 2.30. The first-order chi connectivity index (χ1) is 8.20. The van der Waals surface area contributed by atoms with Crippen molar-refractivity contribution in [2.24, 2.45) is 0 Å². The van der Waals surface area contributed by atoms with Gasteiger partial charge in [0, 0.05) is 10.5 Å². The minimum absolute atomic E-state index is 0.0980. The van der Waals surface area contributed by atoms with Crippen molar-refractivity contribution < 1.29 is 4.79 Å². The average Bonchev–Trinajstić information content (AvgIpc) is 2.18. The summed E-state index contributed by atoms with van der Waals surface area (Å²) in [5, 5.41) is 2.86. The van der Waals surface area contributed by atoms with E-state index >= 15 is 0 Å². The van der Waals surface area contributed by atoms with Crippen LogP contribution in [0.2, 0.25) is 0 Å². The highest BCUT2D eigenvalue weighted by Gasteiger charge is 2.15. The number of amides is 1. The van der Waals surface area contributed by atoms with Crippen molar-refractivity contribution in [2.75, 3.05) is 5.32 Å². The number of carbonyl (C=O) groups is 1. The molecule has 18 heavy (non-hydrogen) atoms. The van der Waals surface area contributed by atoms with Gasteiger partial charge in [0.05, 0.1) is 5.69 Å². The van der Waals surface area contributed by atoms with Gasteiger partial charge in [0.1, 0.15) is 0 Å². The first-order valence-electron chi connectivity index (χ1n) is 5.96. The Morgan fingerprint density at radius 3 is 2.33 bits per heavy atom. The van der Waals surface area contributed by atoms with E-state index in [0.29, 0.717) is 0 Å². The van der Waals surface area contributed by atoms with Crippen molar-refractivity contribution in [3.63, 3.8) is 0 Å². The molecule has 1 amide bonds. The van der Waals surface area contributed by atoms with Gasteiger partial charge in [0.2, 0.25) is 5.91 Å². The first-order valence-corrected chi connectivity index (χ1v) is 6.75. The zero-order valence-electron chi connectivity index (χ0n) is 11.6. The second-order valence-corrected chi connectivity index (χ2v) is 6.51. The van der Waals surface area contributed by atoms with Crippen molar-refractivity contribution in [1.29, 1.82) is 0 Å². The van der Waals surface area contributed by atoms with Crippen LogP contribution < -0.4 is 5.32 Å². The van der Waals surface area contributed by atoms with Gasteiger partial charge in [0.15, 0.2) is 0 Å². The van der Waals surface area contributed by atoms with Crippen molar-refractivity contribution in [2.45, 2.75) is 40.0 Å². The SMILES string of the molecule is CC(C)=CC(=O)Nc1ccc(C(C)(C)C)cc1Br. The summed E-state index contributed by atoms with van der Waals surface area (Å²) in [6.07, 6.45) is 1.59. The van der Waals surface area contributed by atoms with Gasteiger partial charge in [-0.15, -0.1) is 0 Å². The minimum Gasteiger partial charge on any atom is -0.321 e. The Labute approximate surface area is 118 Å². The van der Waals surface area contributed by atoms with Crippen LogP contribution in [0.1, 0.15) is 40.2 Å². The van der Waals surface area contributed by atoms with Crippen molar-refractivity contribution in [3.8, 4) is 0 Å². The fourth-order valence-electron chi connectivity index (χ4n) is 1.51. The van der Waals surface area contributed by atoms with Crippen LogP contribution in [0.15, 0.2) is 34.3 Å². The lowest BCUT2D eigenvalue weighted by Gasteiger charge is -2.20. The van der Waals surface area contributed by atoms with Crippen LogP contribution in [-0.4, -0.2) is 5.91 Å². The van der Waals surface area contributed by atoms with E-state index in [4.69, 9.17) is 0 Å². The van der Waals surface area contributed by atoms with E-state index in [0.717, 1.165) is 15.7 Å². The standard InChI is InChI=1S/C15H20BrNO/c1-10(2)8-14(18)17-13-7-6-11(9-12(13)16)15(3,4)5/h6-9H,1-5H3,(H,17,18). The monoisotopic (exact) mass is 309 g/mol. The second-order valence-electron chi connectivity index (χ2n) is 5.66. The maximum Gasteiger partial charge on any atom is 0.248 e. The fraction of sp³-hybridized carbons (Fsp3) is 0.400. The predicted octanol–water partition coefficient (Wildman–Crippen LogP) is 4.65. The molecule has 3 heteroatoms. The molecule has 1 aromatic carbocycles. The molecule has 0 atom stereocenters. The quantitative estimate of drug-likeness (QED) is 0.791. The maximum atomic E-state index is 11.6. The van der Waals surface area contributed by atoms with Gasteiger partial charge in [-0.25, -0.2) is 0 Å².